The largest absolute Gasteiger partial charge is 0.497 e. The third-order valence-corrected chi connectivity index (χ3v) is 5.92. The van der Waals surface area contributed by atoms with Crippen LogP contribution in [0.1, 0.15) is 23.9 Å². The maximum absolute atomic E-state index is 13.7. The van der Waals surface area contributed by atoms with Crippen molar-refractivity contribution in [2.75, 3.05) is 18.2 Å². The minimum absolute atomic E-state index is 0.0952. The van der Waals surface area contributed by atoms with Crippen molar-refractivity contribution in [3.8, 4) is 5.75 Å². The van der Waals surface area contributed by atoms with E-state index in [1.165, 1.54) is 17.8 Å². The standard InChI is InChI=1S/C23H26FN5O3S/c1-4-29-20(13-25-21(30)12-16-8-10-17(32-3)11-9-16)27-28-23(29)33-14-22(31)26-19-7-5-6-18(24)15(19)2/h5-11H,4,12-14H2,1-3H3,(H,25,30)(H,26,31). The molecule has 0 unspecified atom stereocenters. The van der Waals surface area contributed by atoms with Gasteiger partial charge in [-0.15, -0.1) is 10.2 Å². The molecule has 0 bridgehead atoms. The molecule has 0 fully saturated rings. The topological polar surface area (TPSA) is 98.1 Å². The van der Waals surface area contributed by atoms with Crippen LogP contribution in [0.15, 0.2) is 47.6 Å². The summed E-state index contributed by atoms with van der Waals surface area (Å²) in [5.74, 6) is 0.658. The number of carbonyl (C=O) groups excluding carboxylic acids is 2. The second-order valence-electron chi connectivity index (χ2n) is 7.19. The van der Waals surface area contributed by atoms with Gasteiger partial charge in [0.2, 0.25) is 11.8 Å². The highest BCUT2D eigenvalue weighted by Crippen LogP contribution is 2.20. The molecule has 3 rings (SSSR count). The molecule has 174 valence electrons. The van der Waals surface area contributed by atoms with Crippen molar-refractivity contribution in [1.82, 2.24) is 20.1 Å². The lowest BCUT2D eigenvalue weighted by atomic mass is 10.1. The van der Waals surface area contributed by atoms with Gasteiger partial charge in [-0.2, -0.15) is 0 Å². The number of thioether (sulfide) groups is 1. The van der Waals surface area contributed by atoms with Crippen molar-refractivity contribution in [3.05, 3.63) is 65.2 Å². The average Bonchev–Trinajstić information content (AvgIpc) is 3.21. The lowest BCUT2D eigenvalue weighted by Gasteiger charge is -2.10. The lowest BCUT2D eigenvalue weighted by molar-refractivity contribution is -0.120. The SMILES string of the molecule is CCn1c(CNC(=O)Cc2ccc(OC)cc2)nnc1SCC(=O)Nc1cccc(F)c1C. The monoisotopic (exact) mass is 471 g/mol. The average molecular weight is 472 g/mol. The number of amides is 2. The number of methoxy groups -OCH3 is 1. The first-order valence-electron chi connectivity index (χ1n) is 10.4. The maximum Gasteiger partial charge on any atom is 0.234 e. The summed E-state index contributed by atoms with van der Waals surface area (Å²) in [6, 6.07) is 11.9. The van der Waals surface area contributed by atoms with Crippen molar-refractivity contribution >= 4 is 29.3 Å². The number of ether oxygens (including phenoxy) is 1. The van der Waals surface area contributed by atoms with Gasteiger partial charge in [-0.25, -0.2) is 4.39 Å². The van der Waals surface area contributed by atoms with E-state index in [4.69, 9.17) is 4.74 Å². The molecule has 0 saturated carbocycles. The van der Waals surface area contributed by atoms with E-state index in [2.05, 4.69) is 20.8 Å². The van der Waals surface area contributed by atoms with Gasteiger partial charge in [-0.05, 0) is 43.7 Å². The quantitative estimate of drug-likeness (QED) is 0.440. The number of carbonyl (C=O) groups is 2. The normalized spacial score (nSPS) is 10.7. The minimum Gasteiger partial charge on any atom is -0.497 e. The highest BCUT2D eigenvalue weighted by atomic mass is 32.2. The second kappa shape index (κ2) is 11.5. The minimum atomic E-state index is -0.371. The number of hydrogen-bond donors (Lipinski definition) is 2. The van der Waals surface area contributed by atoms with E-state index in [9.17, 15) is 14.0 Å². The van der Waals surface area contributed by atoms with E-state index < -0.39 is 0 Å². The molecule has 0 spiro atoms. The van der Waals surface area contributed by atoms with Crippen LogP contribution in [0, 0.1) is 12.7 Å². The van der Waals surface area contributed by atoms with Crippen molar-refractivity contribution in [1.29, 1.82) is 0 Å². The smallest absolute Gasteiger partial charge is 0.234 e. The summed E-state index contributed by atoms with van der Waals surface area (Å²) in [4.78, 5) is 24.6. The Morgan fingerprint density at radius 2 is 1.88 bits per heavy atom. The molecule has 33 heavy (non-hydrogen) atoms. The van der Waals surface area contributed by atoms with E-state index in [-0.39, 0.29) is 36.4 Å². The molecule has 1 aromatic heterocycles. The molecule has 1 heterocycles. The number of rotatable bonds is 10. The van der Waals surface area contributed by atoms with Gasteiger partial charge in [-0.1, -0.05) is 30.0 Å². The van der Waals surface area contributed by atoms with Crippen LogP contribution in [0.3, 0.4) is 0 Å². The zero-order chi connectivity index (χ0) is 23.8. The Bertz CT molecular complexity index is 1120. The maximum atomic E-state index is 13.7. The van der Waals surface area contributed by atoms with Crippen molar-refractivity contribution in [2.24, 2.45) is 0 Å². The highest BCUT2D eigenvalue weighted by Gasteiger charge is 2.15. The molecular formula is C23H26FN5O3S. The molecule has 0 aliphatic rings. The zero-order valence-electron chi connectivity index (χ0n) is 18.7. The predicted octanol–water partition coefficient (Wildman–Crippen LogP) is 3.34. The highest BCUT2D eigenvalue weighted by molar-refractivity contribution is 7.99. The first kappa shape index (κ1) is 24.2. The van der Waals surface area contributed by atoms with E-state index in [1.807, 2.05) is 35.8 Å². The molecule has 3 aromatic rings. The number of benzene rings is 2. The van der Waals surface area contributed by atoms with Crippen LogP contribution in [0.5, 0.6) is 5.75 Å². The molecule has 2 amide bonds. The van der Waals surface area contributed by atoms with Crippen LogP contribution in [0.25, 0.3) is 0 Å². The van der Waals surface area contributed by atoms with Gasteiger partial charge in [0.05, 0.1) is 25.8 Å². The van der Waals surface area contributed by atoms with Gasteiger partial charge in [0.15, 0.2) is 11.0 Å². The molecule has 2 aromatic carbocycles. The predicted molar refractivity (Wildman–Crippen MR) is 125 cm³/mol. The first-order chi connectivity index (χ1) is 15.9. The summed E-state index contributed by atoms with van der Waals surface area (Å²) in [7, 11) is 1.59. The number of nitrogens with one attached hydrogen (secondary N) is 2. The fourth-order valence-electron chi connectivity index (χ4n) is 3.10. The Hall–Kier alpha value is -3.40. The Labute approximate surface area is 195 Å². The third kappa shape index (κ3) is 6.55. The first-order valence-corrected chi connectivity index (χ1v) is 11.4. The number of anilines is 1. The number of hydrogen-bond acceptors (Lipinski definition) is 6. The van der Waals surface area contributed by atoms with E-state index in [1.54, 1.807) is 26.2 Å². The molecule has 0 aliphatic carbocycles. The van der Waals surface area contributed by atoms with Gasteiger partial charge in [-0.3, -0.25) is 9.59 Å². The van der Waals surface area contributed by atoms with Gasteiger partial charge in [0.1, 0.15) is 11.6 Å². The van der Waals surface area contributed by atoms with Gasteiger partial charge < -0.3 is 19.9 Å². The summed E-state index contributed by atoms with van der Waals surface area (Å²) in [6.45, 7) is 4.36. The van der Waals surface area contributed by atoms with Crippen molar-refractivity contribution < 1.29 is 18.7 Å². The van der Waals surface area contributed by atoms with Crippen molar-refractivity contribution in [2.45, 2.75) is 38.5 Å². The number of halogens is 1. The van der Waals surface area contributed by atoms with E-state index in [0.717, 1.165) is 11.3 Å². The summed E-state index contributed by atoms with van der Waals surface area (Å²) >= 11 is 1.23. The van der Waals surface area contributed by atoms with Crippen LogP contribution in [0.4, 0.5) is 10.1 Å². The fraction of sp³-hybridized carbons (Fsp3) is 0.304. The summed E-state index contributed by atoms with van der Waals surface area (Å²) in [5, 5.41) is 14.4. The molecule has 0 radical (unpaired) electrons. The Kier molecular flexibility index (Phi) is 8.42. The molecule has 8 nitrogen and oxygen atoms in total. The van der Waals surface area contributed by atoms with Crippen LogP contribution in [-0.4, -0.2) is 39.4 Å². The van der Waals surface area contributed by atoms with Crippen LogP contribution in [0.2, 0.25) is 0 Å². The molecule has 10 heteroatoms. The van der Waals surface area contributed by atoms with Gasteiger partial charge in [0, 0.05) is 17.8 Å². The Morgan fingerprint density at radius 1 is 1.12 bits per heavy atom. The van der Waals surface area contributed by atoms with Crippen LogP contribution >= 0.6 is 11.8 Å². The van der Waals surface area contributed by atoms with Gasteiger partial charge >= 0.3 is 0 Å². The van der Waals surface area contributed by atoms with Crippen LogP contribution < -0.4 is 15.4 Å². The van der Waals surface area contributed by atoms with E-state index >= 15 is 0 Å². The van der Waals surface area contributed by atoms with Gasteiger partial charge in [0.25, 0.3) is 0 Å². The number of nitrogens with zero attached hydrogens (tertiary/aromatic N) is 3. The summed E-state index contributed by atoms with van der Waals surface area (Å²) < 4.78 is 20.6. The summed E-state index contributed by atoms with van der Waals surface area (Å²) in [5.41, 5.74) is 1.71. The molecule has 0 atom stereocenters. The third-order valence-electron chi connectivity index (χ3n) is 4.95. The zero-order valence-corrected chi connectivity index (χ0v) is 19.5. The molecular weight excluding hydrogens is 445 g/mol. The molecule has 0 saturated heterocycles. The fourth-order valence-corrected chi connectivity index (χ4v) is 3.92. The Morgan fingerprint density at radius 3 is 2.58 bits per heavy atom. The molecule has 0 aliphatic heterocycles. The second-order valence-corrected chi connectivity index (χ2v) is 8.14. The van der Waals surface area contributed by atoms with Crippen molar-refractivity contribution in [3.63, 3.8) is 0 Å². The summed E-state index contributed by atoms with van der Waals surface area (Å²) in [6.07, 6.45) is 0.242. The van der Waals surface area contributed by atoms with E-state index in [0.29, 0.717) is 28.8 Å². The molecule has 2 N–H and O–H groups in total. The Balaban J connectivity index is 1.52. The number of aromatic nitrogens is 3. The lowest BCUT2D eigenvalue weighted by Crippen LogP contribution is -2.26. The van der Waals surface area contributed by atoms with Crippen LogP contribution in [-0.2, 0) is 29.1 Å².